The third-order valence-electron chi connectivity index (χ3n) is 4.58. The van der Waals surface area contributed by atoms with Crippen molar-refractivity contribution in [3.05, 3.63) is 68.7 Å². The summed E-state index contributed by atoms with van der Waals surface area (Å²) in [5.41, 5.74) is 1.43. The molecule has 1 aliphatic rings. The van der Waals surface area contributed by atoms with E-state index in [-0.39, 0.29) is 36.7 Å². The molecule has 0 amide bonds. The Morgan fingerprint density at radius 2 is 1.46 bits per heavy atom. The summed E-state index contributed by atoms with van der Waals surface area (Å²) in [7, 11) is 0. The maximum absolute atomic E-state index is 12.6. The lowest BCUT2D eigenvalue weighted by Crippen LogP contribution is -2.38. The summed E-state index contributed by atoms with van der Waals surface area (Å²) >= 11 is 17.8. The molecule has 0 saturated heterocycles. The Kier molecular flexibility index (Phi) is 5.81. The van der Waals surface area contributed by atoms with Crippen molar-refractivity contribution in [2.45, 2.75) is 25.2 Å². The van der Waals surface area contributed by atoms with Gasteiger partial charge < -0.3 is 0 Å². The Bertz CT molecular complexity index is 856. The molecule has 1 aliphatic carbocycles. The predicted octanol–water partition coefficient (Wildman–Crippen LogP) is 5.09. The Labute approximate surface area is 166 Å². The van der Waals surface area contributed by atoms with Crippen molar-refractivity contribution in [1.82, 2.24) is 0 Å². The fraction of sp³-hybridized carbons (Fsp3) is 0.250. The highest BCUT2D eigenvalue weighted by molar-refractivity contribution is 6.35. The van der Waals surface area contributed by atoms with Crippen molar-refractivity contribution in [3.63, 3.8) is 0 Å². The lowest BCUT2D eigenvalue weighted by Gasteiger charge is -2.26. The number of rotatable bonds is 4. The highest BCUT2D eigenvalue weighted by Crippen LogP contribution is 2.33. The van der Waals surface area contributed by atoms with Gasteiger partial charge in [0.15, 0.2) is 17.3 Å². The van der Waals surface area contributed by atoms with E-state index in [9.17, 15) is 14.4 Å². The van der Waals surface area contributed by atoms with Crippen LogP contribution in [0.25, 0.3) is 0 Å². The second-order valence-corrected chi connectivity index (χ2v) is 7.68. The van der Waals surface area contributed by atoms with Gasteiger partial charge in [-0.05, 0) is 41.3 Å². The minimum absolute atomic E-state index is 0.0657. The monoisotopic (exact) mass is 408 g/mol. The van der Waals surface area contributed by atoms with E-state index >= 15 is 0 Å². The van der Waals surface area contributed by atoms with Gasteiger partial charge in [0.1, 0.15) is 5.92 Å². The summed E-state index contributed by atoms with van der Waals surface area (Å²) < 4.78 is 0. The number of Topliss-reactive ketones (excluding diaryl/α,β-unsaturated/α-hetero) is 3. The minimum atomic E-state index is -1.20. The van der Waals surface area contributed by atoms with E-state index in [1.165, 1.54) is 6.07 Å². The first-order chi connectivity index (χ1) is 12.3. The van der Waals surface area contributed by atoms with Crippen LogP contribution in [0.1, 0.15) is 29.9 Å². The van der Waals surface area contributed by atoms with Crippen LogP contribution in [-0.4, -0.2) is 17.3 Å². The van der Waals surface area contributed by atoms with E-state index in [1.807, 2.05) is 12.1 Å². The van der Waals surface area contributed by atoms with E-state index < -0.39 is 11.7 Å². The number of carbonyl (C=O) groups excluding carboxylic acids is 3. The molecule has 0 N–H and O–H groups in total. The van der Waals surface area contributed by atoms with E-state index in [2.05, 4.69) is 0 Å². The molecule has 1 saturated carbocycles. The first-order valence-corrected chi connectivity index (χ1v) is 9.26. The summed E-state index contributed by atoms with van der Waals surface area (Å²) in [4.78, 5) is 37.6. The van der Waals surface area contributed by atoms with Gasteiger partial charge in [0.25, 0.3) is 0 Å². The quantitative estimate of drug-likeness (QED) is 0.661. The van der Waals surface area contributed by atoms with Crippen molar-refractivity contribution < 1.29 is 14.4 Å². The van der Waals surface area contributed by atoms with E-state index in [0.29, 0.717) is 20.6 Å². The average Bonchev–Trinajstić information content (AvgIpc) is 2.57. The lowest BCUT2D eigenvalue weighted by atomic mass is 9.74. The molecule has 0 atom stereocenters. The van der Waals surface area contributed by atoms with Gasteiger partial charge in [0.05, 0.1) is 0 Å². The Morgan fingerprint density at radius 3 is 2.04 bits per heavy atom. The van der Waals surface area contributed by atoms with Crippen LogP contribution in [0, 0.1) is 5.92 Å². The fourth-order valence-corrected chi connectivity index (χ4v) is 3.86. The van der Waals surface area contributed by atoms with Crippen LogP contribution < -0.4 is 0 Å². The smallest absolute Gasteiger partial charge is 0.155 e. The molecule has 3 rings (SSSR count). The minimum Gasteiger partial charge on any atom is -0.298 e. The van der Waals surface area contributed by atoms with Gasteiger partial charge in [-0.1, -0.05) is 53.0 Å². The van der Waals surface area contributed by atoms with Crippen molar-refractivity contribution in [2.75, 3.05) is 0 Å². The normalized spacial score (nSPS) is 20.3. The molecule has 0 heterocycles. The first-order valence-electron chi connectivity index (χ1n) is 8.12. The number of benzene rings is 2. The molecule has 134 valence electrons. The number of hydrogen-bond acceptors (Lipinski definition) is 3. The van der Waals surface area contributed by atoms with Gasteiger partial charge in [-0.15, -0.1) is 0 Å². The van der Waals surface area contributed by atoms with Crippen molar-refractivity contribution in [3.8, 4) is 0 Å². The van der Waals surface area contributed by atoms with Crippen LogP contribution in [0.2, 0.25) is 15.1 Å². The standard InChI is InChI=1S/C20H15Cl3O3/c21-14-4-1-11(2-5-14)13-8-18(25)20(19(26)9-13)17(24)7-12-3-6-15(22)10-16(12)23/h1-6,10,13,20H,7-9H2. The summed E-state index contributed by atoms with van der Waals surface area (Å²) in [6.45, 7) is 0. The zero-order chi connectivity index (χ0) is 18.8. The Hall–Kier alpha value is -1.68. The molecule has 2 aromatic carbocycles. The third kappa shape index (κ3) is 4.17. The Morgan fingerprint density at radius 1 is 0.885 bits per heavy atom. The second kappa shape index (κ2) is 7.91. The van der Waals surface area contributed by atoms with Crippen LogP contribution in [0.3, 0.4) is 0 Å². The molecule has 0 bridgehead atoms. The molecule has 3 nitrogen and oxygen atoms in total. The number of halogens is 3. The highest BCUT2D eigenvalue weighted by Gasteiger charge is 2.40. The van der Waals surface area contributed by atoms with Gasteiger partial charge in [0, 0.05) is 34.3 Å². The lowest BCUT2D eigenvalue weighted by molar-refractivity contribution is -0.142. The fourth-order valence-electron chi connectivity index (χ4n) is 3.26. The summed E-state index contributed by atoms with van der Waals surface area (Å²) in [5, 5.41) is 1.40. The van der Waals surface area contributed by atoms with E-state index in [4.69, 9.17) is 34.8 Å². The molecule has 26 heavy (non-hydrogen) atoms. The van der Waals surface area contributed by atoms with Gasteiger partial charge in [-0.2, -0.15) is 0 Å². The maximum atomic E-state index is 12.6. The molecule has 0 aliphatic heterocycles. The van der Waals surface area contributed by atoms with E-state index in [1.54, 1.807) is 24.3 Å². The third-order valence-corrected chi connectivity index (χ3v) is 5.42. The summed E-state index contributed by atoms with van der Waals surface area (Å²) in [5.74, 6) is -2.51. The number of ketones is 3. The predicted molar refractivity (Wildman–Crippen MR) is 102 cm³/mol. The maximum Gasteiger partial charge on any atom is 0.155 e. The average molecular weight is 410 g/mol. The van der Waals surface area contributed by atoms with Gasteiger partial charge in [-0.3, -0.25) is 14.4 Å². The zero-order valence-corrected chi connectivity index (χ0v) is 15.9. The molecule has 6 heteroatoms. The summed E-state index contributed by atoms with van der Waals surface area (Å²) in [6.07, 6.45) is 0.264. The second-order valence-electron chi connectivity index (χ2n) is 6.40. The van der Waals surface area contributed by atoms with Crippen molar-refractivity contribution >= 4 is 52.2 Å². The van der Waals surface area contributed by atoms with Gasteiger partial charge in [0.2, 0.25) is 0 Å². The van der Waals surface area contributed by atoms with E-state index in [0.717, 1.165) is 5.56 Å². The van der Waals surface area contributed by atoms with Crippen molar-refractivity contribution in [2.24, 2.45) is 5.92 Å². The molecular formula is C20H15Cl3O3. The van der Waals surface area contributed by atoms with Crippen LogP contribution in [0.15, 0.2) is 42.5 Å². The van der Waals surface area contributed by atoms with Gasteiger partial charge >= 0.3 is 0 Å². The molecular weight excluding hydrogens is 395 g/mol. The highest BCUT2D eigenvalue weighted by atomic mass is 35.5. The van der Waals surface area contributed by atoms with Crippen LogP contribution in [-0.2, 0) is 20.8 Å². The van der Waals surface area contributed by atoms with Crippen LogP contribution in [0.5, 0.6) is 0 Å². The molecule has 1 fully saturated rings. The van der Waals surface area contributed by atoms with Crippen LogP contribution >= 0.6 is 34.8 Å². The number of hydrogen-bond donors (Lipinski definition) is 0. The topological polar surface area (TPSA) is 51.2 Å². The van der Waals surface area contributed by atoms with Crippen molar-refractivity contribution in [1.29, 1.82) is 0 Å². The summed E-state index contributed by atoms with van der Waals surface area (Å²) in [6, 6.07) is 11.9. The molecule has 0 spiro atoms. The van der Waals surface area contributed by atoms with Crippen LogP contribution in [0.4, 0.5) is 0 Å². The molecule has 2 aromatic rings. The molecule has 0 radical (unpaired) electrons. The largest absolute Gasteiger partial charge is 0.298 e. The molecule has 0 unspecified atom stereocenters. The Balaban J connectivity index is 1.73. The number of carbonyl (C=O) groups is 3. The SMILES string of the molecule is O=C(Cc1ccc(Cl)cc1Cl)C1C(=O)CC(c2ccc(Cl)cc2)CC1=O. The zero-order valence-electron chi connectivity index (χ0n) is 13.7. The first kappa shape index (κ1) is 19.1. The molecule has 0 aromatic heterocycles. The van der Waals surface area contributed by atoms with Gasteiger partial charge in [-0.25, -0.2) is 0 Å².